The molecule has 1 aromatic heterocycles. The second-order valence-corrected chi connectivity index (χ2v) is 6.18. The Hall–Kier alpha value is -3.15. The van der Waals surface area contributed by atoms with Crippen LogP contribution in [-0.2, 0) is 0 Å². The Morgan fingerprint density at radius 3 is 2.58 bits per heavy atom. The van der Waals surface area contributed by atoms with E-state index in [-0.39, 0.29) is 11.3 Å². The second-order valence-electron chi connectivity index (χ2n) is 6.18. The number of hydrogen-bond donors (Lipinski definition) is 1. The van der Waals surface area contributed by atoms with E-state index < -0.39 is 12.1 Å². The number of carboxylic acids is 1. The maximum atomic E-state index is 12.2. The summed E-state index contributed by atoms with van der Waals surface area (Å²) >= 11 is 0. The molecule has 1 fully saturated rings. The van der Waals surface area contributed by atoms with E-state index in [1.807, 2.05) is 18.2 Å². The minimum Gasteiger partial charge on any atom is -0.478 e. The summed E-state index contributed by atoms with van der Waals surface area (Å²) in [5, 5.41) is 8.96. The summed E-state index contributed by atoms with van der Waals surface area (Å²) in [5.41, 5.74) is 1.15. The molecule has 6 nitrogen and oxygen atoms in total. The SMILES string of the molecule is O=C(O)c1cncc(OC(=O)N2CCC(/C=C/c3ccccc3)CC2)c1. The first kappa shape index (κ1) is 17.7. The third-order valence-electron chi connectivity index (χ3n) is 4.32. The Morgan fingerprint density at radius 2 is 1.88 bits per heavy atom. The van der Waals surface area contributed by atoms with Gasteiger partial charge in [-0.05, 0) is 30.4 Å². The molecule has 134 valence electrons. The van der Waals surface area contributed by atoms with Crippen molar-refractivity contribution in [3.05, 3.63) is 66.0 Å². The van der Waals surface area contributed by atoms with E-state index in [2.05, 4.69) is 29.3 Å². The molecule has 1 amide bonds. The minimum absolute atomic E-state index is 0.0138. The van der Waals surface area contributed by atoms with E-state index in [0.717, 1.165) is 12.8 Å². The van der Waals surface area contributed by atoms with E-state index in [4.69, 9.17) is 9.84 Å². The van der Waals surface area contributed by atoms with Crippen LogP contribution in [0.5, 0.6) is 5.75 Å². The summed E-state index contributed by atoms with van der Waals surface area (Å²) in [6, 6.07) is 11.4. The molecule has 0 atom stereocenters. The van der Waals surface area contributed by atoms with Crippen molar-refractivity contribution in [1.82, 2.24) is 9.88 Å². The van der Waals surface area contributed by atoms with Crippen LogP contribution in [0.15, 0.2) is 54.9 Å². The molecule has 0 spiro atoms. The molecule has 1 aliphatic heterocycles. The van der Waals surface area contributed by atoms with Gasteiger partial charge >= 0.3 is 12.1 Å². The van der Waals surface area contributed by atoms with E-state index in [9.17, 15) is 9.59 Å². The van der Waals surface area contributed by atoms with Gasteiger partial charge in [0.2, 0.25) is 0 Å². The number of piperidine rings is 1. The molecule has 1 saturated heterocycles. The fourth-order valence-corrected chi connectivity index (χ4v) is 2.84. The average Bonchev–Trinajstić information content (AvgIpc) is 2.68. The lowest BCUT2D eigenvalue weighted by atomic mass is 9.96. The molecule has 0 aliphatic carbocycles. The molecule has 1 aromatic carbocycles. The lowest BCUT2D eigenvalue weighted by Crippen LogP contribution is -2.39. The summed E-state index contributed by atoms with van der Waals surface area (Å²) in [6.07, 6.45) is 8.11. The predicted molar refractivity (Wildman–Crippen MR) is 97.0 cm³/mol. The molecule has 1 N–H and O–H groups in total. The first-order chi connectivity index (χ1) is 12.6. The van der Waals surface area contributed by atoms with E-state index >= 15 is 0 Å². The number of hydrogen-bond acceptors (Lipinski definition) is 4. The highest BCUT2D eigenvalue weighted by atomic mass is 16.6. The predicted octanol–water partition coefficient (Wildman–Crippen LogP) is 3.70. The highest BCUT2D eigenvalue weighted by Crippen LogP contribution is 2.21. The lowest BCUT2D eigenvalue weighted by Gasteiger charge is -2.29. The van der Waals surface area contributed by atoms with Crippen molar-refractivity contribution < 1.29 is 19.4 Å². The zero-order chi connectivity index (χ0) is 18.4. The largest absolute Gasteiger partial charge is 0.478 e. The molecule has 6 heteroatoms. The van der Waals surface area contributed by atoms with Crippen molar-refractivity contribution in [2.45, 2.75) is 12.8 Å². The Bertz CT molecular complexity index is 796. The van der Waals surface area contributed by atoms with Gasteiger partial charge in [-0.15, -0.1) is 0 Å². The highest BCUT2D eigenvalue weighted by Gasteiger charge is 2.23. The van der Waals surface area contributed by atoms with Crippen molar-refractivity contribution in [3.8, 4) is 5.75 Å². The van der Waals surface area contributed by atoms with Crippen molar-refractivity contribution in [1.29, 1.82) is 0 Å². The highest BCUT2D eigenvalue weighted by molar-refractivity contribution is 5.87. The van der Waals surface area contributed by atoms with Crippen LogP contribution in [-0.4, -0.2) is 40.1 Å². The quantitative estimate of drug-likeness (QED) is 0.907. The molecule has 1 aliphatic rings. The van der Waals surface area contributed by atoms with Crippen LogP contribution >= 0.6 is 0 Å². The Kier molecular flexibility index (Phi) is 5.63. The van der Waals surface area contributed by atoms with Gasteiger partial charge in [0.05, 0.1) is 11.8 Å². The third kappa shape index (κ3) is 4.69. The number of aromatic carboxylic acids is 1. The molecule has 26 heavy (non-hydrogen) atoms. The normalized spacial score (nSPS) is 15.2. The Labute approximate surface area is 151 Å². The van der Waals surface area contributed by atoms with Gasteiger partial charge in [0.1, 0.15) is 0 Å². The number of nitrogens with zero attached hydrogens (tertiary/aromatic N) is 2. The van der Waals surface area contributed by atoms with Crippen LogP contribution in [0.25, 0.3) is 6.08 Å². The van der Waals surface area contributed by atoms with Gasteiger partial charge in [-0.3, -0.25) is 4.98 Å². The lowest BCUT2D eigenvalue weighted by molar-refractivity contribution is 0.0695. The Balaban J connectivity index is 1.51. The van der Waals surface area contributed by atoms with Crippen molar-refractivity contribution in [2.75, 3.05) is 13.1 Å². The van der Waals surface area contributed by atoms with Crippen molar-refractivity contribution in [3.63, 3.8) is 0 Å². The molecular weight excluding hydrogens is 332 g/mol. The van der Waals surface area contributed by atoms with Crippen LogP contribution in [0.4, 0.5) is 4.79 Å². The summed E-state index contributed by atoms with van der Waals surface area (Å²) in [4.78, 5) is 28.6. The third-order valence-corrected chi connectivity index (χ3v) is 4.32. The van der Waals surface area contributed by atoms with Crippen LogP contribution in [0.3, 0.4) is 0 Å². The number of carbonyl (C=O) groups excluding carboxylic acids is 1. The smallest absolute Gasteiger partial charge is 0.415 e. The molecular formula is C20H20N2O4. The number of rotatable bonds is 4. The van der Waals surface area contributed by atoms with Crippen LogP contribution in [0, 0.1) is 5.92 Å². The number of aromatic nitrogens is 1. The molecule has 3 rings (SSSR count). The zero-order valence-corrected chi connectivity index (χ0v) is 14.2. The van der Waals surface area contributed by atoms with Crippen LogP contribution < -0.4 is 4.74 Å². The monoisotopic (exact) mass is 352 g/mol. The molecule has 2 aromatic rings. The number of ether oxygens (including phenoxy) is 1. The van der Waals surface area contributed by atoms with Crippen molar-refractivity contribution in [2.24, 2.45) is 5.92 Å². The summed E-state index contributed by atoms with van der Waals surface area (Å²) in [7, 11) is 0. The van der Waals surface area contributed by atoms with Crippen LogP contribution in [0.2, 0.25) is 0 Å². The number of allylic oxidation sites excluding steroid dienone is 1. The fraction of sp³-hybridized carbons (Fsp3) is 0.250. The summed E-state index contributed by atoms with van der Waals surface area (Å²) in [5.74, 6) is -0.543. The summed E-state index contributed by atoms with van der Waals surface area (Å²) < 4.78 is 5.25. The fourth-order valence-electron chi connectivity index (χ4n) is 2.84. The first-order valence-electron chi connectivity index (χ1n) is 8.50. The standard InChI is InChI=1S/C20H20N2O4/c23-19(24)17-12-18(14-21-13-17)26-20(25)22-10-8-16(9-11-22)7-6-15-4-2-1-3-5-15/h1-7,12-14,16H,8-11H2,(H,23,24)/b7-6+. The number of carbonyl (C=O) groups is 2. The van der Waals surface area contributed by atoms with Gasteiger partial charge in [-0.25, -0.2) is 9.59 Å². The molecule has 2 heterocycles. The van der Waals surface area contributed by atoms with Gasteiger partial charge < -0.3 is 14.7 Å². The van der Waals surface area contributed by atoms with Gasteiger partial charge in [-0.1, -0.05) is 42.5 Å². The maximum Gasteiger partial charge on any atom is 0.415 e. The first-order valence-corrected chi connectivity index (χ1v) is 8.50. The average molecular weight is 352 g/mol. The summed E-state index contributed by atoms with van der Waals surface area (Å²) in [6.45, 7) is 1.21. The van der Waals surface area contributed by atoms with Crippen LogP contribution in [0.1, 0.15) is 28.8 Å². The van der Waals surface area contributed by atoms with E-state index in [1.165, 1.54) is 24.0 Å². The van der Waals surface area contributed by atoms with Gasteiger partial charge in [0.15, 0.2) is 5.75 Å². The number of pyridine rings is 1. The molecule has 0 radical (unpaired) electrons. The molecule has 0 unspecified atom stereocenters. The second kappa shape index (κ2) is 8.29. The van der Waals surface area contributed by atoms with Crippen molar-refractivity contribution >= 4 is 18.1 Å². The molecule has 0 bridgehead atoms. The maximum absolute atomic E-state index is 12.2. The van der Waals surface area contributed by atoms with Gasteiger partial charge in [0.25, 0.3) is 0 Å². The molecule has 0 saturated carbocycles. The number of likely N-dealkylation sites (tertiary alicyclic amines) is 1. The minimum atomic E-state index is -1.11. The topological polar surface area (TPSA) is 79.7 Å². The number of carboxylic acid groups (broad SMARTS) is 1. The zero-order valence-electron chi connectivity index (χ0n) is 14.2. The van der Waals surface area contributed by atoms with Gasteiger partial charge in [0, 0.05) is 19.3 Å². The van der Waals surface area contributed by atoms with E-state index in [0.29, 0.717) is 19.0 Å². The number of amides is 1. The van der Waals surface area contributed by atoms with E-state index in [1.54, 1.807) is 4.90 Å². The number of benzene rings is 1. The van der Waals surface area contributed by atoms with Gasteiger partial charge in [-0.2, -0.15) is 0 Å². The Morgan fingerprint density at radius 1 is 1.15 bits per heavy atom.